The maximum absolute atomic E-state index is 13.8. The number of carbonyl (C=O) groups excluding carboxylic acids is 2. The van der Waals surface area contributed by atoms with Crippen LogP contribution in [0.25, 0.3) is 22.7 Å². The number of carbonyl (C=O) groups is 2. The summed E-state index contributed by atoms with van der Waals surface area (Å²) < 4.78 is 20.5. The number of aryl methyl sites for hydroxylation is 2. The van der Waals surface area contributed by atoms with Crippen LogP contribution in [0.5, 0.6) is 0 Å². The van der Waals surface area contributed by atoms with Crippen LogP contribution < -0.4 is 10.6 Å². The molecule has 0 fully saturated rings. The number of esters is 1. The van der Waals surface area contributed by atoms with Gasteiger partial charge in [0.15, 0.2) is 0 Å². The highest BCUT2D eigenvalue weighted by Crippen LogP contribution is 2.38. The molecular weight excluding hydrogens is 471 g/mol. The summed E-state index contributed by atoms with van der Waals surface area (Å²) in [6.07, 6.45) is 4.46. The van der Waals surface area contributed by atoms with E-state index in [1.165, 1.54) is 19.2 Å². The number of anilines is 2. The molecular formula is C29H25FN4O3. The van der Waals surface area contributed by atoms with Gasteiger partial charge in [0, 0.05) is 42.7 Å². The molecule has 1 aliphatic heterocycles. The Labute approximate surface area is 213 Å². The average molecular weight is 497 g/mol. The molecule has 4 aromatic rings. The van der Waals surface area contributed by atoms with E-state index in [-0.39, 0.29) is 18.3 Å². The van der Waals surface area contributed by atoms with Crippen molar-refractivity contribution in [1.82, 2.24) is 9.55 Å². The summed E-state index contributed by atoms with van der Waals surface area (Å²) in [6.45, 7) is 0. The first kappa shape index (κ1) is 24.0. The quantitative estimate of drug-likeness (QED) is 0.269. The van der Waals surface area contributed by atoms with Gasteiger partial charge in [0.2, 0.25) is 0 Å². The number of rotatable bonds is 7. The minimum atomic E-state index is -0.422. The molecule has 0 saturated heterocycles. The summed E-state index contributed by atoms with van der Waals surface area (Å²) in [5.74, 6) is -0.162. The molecule has 0 bridgehead atoms. The molecule has 7 nitrogen and oxygen atoms in total. The summed E-state index contributed by atoms with van der Waals surface area (Å²) in [7, 11) is 3.31. The van der Waals surface area contributed by atoms with E-state index in [1.54, 1.807) is 12.3 Å². The number of methoxy groups -OCH3 is 1. The maximum Gasteiger partial charge on any atom is 0.305 e. The number of fused-ring (bicyclic) bond motifs is 1. The first-order valence-corrected chi connectivity index (χ1v) is 11.8. The van der Waals surface area contributed by atoms with E-state index >= 15 is 0 Å². The van der Waals surface area contributed by atoms with Gasteiger partial charge in [0.1, 0.15) is 11.6 Å². The zero-order chi connectivity index (χ0) is 25.9. The highest BCUT2D eigenvalue weighted by molar-refractivity contribution is 6.37. The van der Waals surface area contributed by atoms with Crippen molar-refractivity contribution in [3.05, 3.63) is 102 Å². The summed E-state index contributed by atoms with van der Waals surface area (Å²) in [5.41, 5.74) is 5.54. The first-order chi connectivity index (χ1) is 17.9. The van der Waals surface area contributed by atoms with Gasteiger partial charge in [-0.3, -0.25) is 9.59 Å². The van der Waals surface area contributed by atoms with E-state index in [4.69, 9.17) is 4.74 Å². The molecule has 0 spiro atoms. The third-order valence-electron chi connectivity index (χ3n) is 6.30. The first-order valence-electron chi connectivity index (χ1n) is 11.8. The Morgan fingerprint density at radius 1 is 1.08 bits per heavy atom. The van der Waals surface area contributed by atoms with Crippen molar-refractivity contribution >= 4 is 34.5 Å². The second-order valence-corrected chi connectivity index (χ2v) is 8.73. The normalized spacial score (nSPS) is 13.6. The number of hydrogen-bond donors (Lipinski definition) is 2. The molecule has 1 amide bonds. The Balaban J connectivity index is 1.52. The standard InChI is InChI=1S/C29H25FN4O3/c1-34-16-15-31-28(34)20-8-11-22(12-9-20)32-27(19-6-3-18(4-7-19)5-14-25(35)37-2)26-23-13-10-21(30)17-24(23)33-29(26)36/h3-4,6-13,15-17,32H,5,14H2,1-2H3,(H,33,36)/b27-26-. The highest BCUT2D eigenvalue weighted by Gasteiger charge is 2.29. The van der Waals surface area contributed by atoms with Crippen LogP contribution in [0.3, 0.4) is 0 Å². The van der Waals surface area contributed by atoms with Gasteiger partial charge in [-0.2, -0.15) is 0 Å². The molecule has 0 atom stereocenters. The van der Waals surface area contributed by atoms with Gasteiger partial charge in [0.05, 0.1) is 24.1 Å². The summed E-state index contributed by atoms with van der Waals surface area (Å²) in [6, 6.07) is 19.7. The molecule has 0 aliphatic carbocycles. The van der Waals surface area contributed by atoms with Crippen molar-refractivity contribution < 1.29 is 18.7 Å². The monoisotopic (exact) mass is 496 g/mol. The Morgan fingerprint density at radius 2 is 1.84 bits per heavy atom. The van der Waals surface area contributed by atoms with Gasteiger partial charge in [-0.1, -0.05) is 24.3 Å². The predicted octanol–water partition coefficient (Wildman–Crippen LogP) is 5.26. The third-order valence-corrected chi connectivity index (χ3v) is 6.30. The SMILES string of the molecule is COC(=O)CCc1ccc(/C(Nc2ccc(-c3nccn3C)cc2)=C2/C(=O)Nc3cc(F)ccc32)cc1. The van der Waals surface area contributed by atoms with Gasteiger partial charge in [-0.15, -0.1) is 0 Å². The fourth-order valence-electron chi connectivity index (χ4n) is 4.35. The van der Waals surface area contributed by atoms with Crippen molar-refractivity contribution in [2.45, 2.75) is 12.8 Å². The van der Waals surface area contributed by atoms with Crippen LogP contribution in [0.15, 0.2) is 79.1 Å². The molecule has 37 heavy (non-hydrogen) atoms. The minimum Gasteiger partial charge on any atom is -0.469 e. The van der Waals surface area contributed by atoms with Crippen LogP contribution in [-0.4, -0.2) is 28.5 Å². The zero-order valence-corrected chi connectivity index (χ0v) is 20.4. The minimum absolute atomic E-state index is 0.269. The molecule has 2 heterocycles. The van der Waals surface area contributed by atoms with Crippen molar-refractivity contribution in [2.24, 2.45) is 7.05 Å². The van der Waals surface area contributed by atoms with E-state index in [9.17, 15) is 14.0 Å². The lowest BCUT2D eigenvalue weighted by molar-refractivity contribution is -0.140. The molecule has 8 heteroatoms. The number of nitrogens with zero attached hydrogens (tertiary/aromatic N) is 2. The number of ether oxygens (including phenoxy) is 1. The van der Waals surface area contributed by atoms with Crippen molar-refractivity contribution in [2.75, 3.05) is 17.7 Å². The van der Waals surface area contributed by atoms with Crippen molar-refractivity contribution in [3.63, 3.8) is 0 Å². The number of aromatic nitrogens is 2. The number of nitrogens with one attached hydrogen (secondary N) is 2. The lowest BCUT2D eigenvalue weighted by atomic mass is 9.98. The van der Waals surface area contributed by atoms with E-state index in [1.807, 2.05) is 66.3 Å². The third kappa shape index (κ3) is 4.99. The van der Waals surface area contributed by atoms with Crippen LogP contribution in [-0.2, 0) is 27.8 Å². The van der Waals surface area contributed by atoms with Crippen molar-refractivity contribution in [1.29, 1.82) is 0 Å². The molecule has 0 unspecified atom stereocenters. The van der Waals surface area contributed by atoms with Gasteiger partial charge in [-0.05, 0) is 60.0 Å². The molecule has 5 rings (SSSR count). The Bertz CT molecular complexity index is 1510. The van der Waals surface area contributed by atoms with Gasteiger partial charge in [0.25, 0.3) is 5.91 Å². The van der Waals surface area contributed by atoms with E-state index < -0.39 is 5.82 Å². The van der Waals surface area contributed by atoms with Crippen LogP contribution in [0.2, 0.25) is 0 Å². The second-order valence-electron chi connectivity index (χ2n) is 8.73. The summed E-state index contributed by atoms with van der Waals surface area (Å²) in [5, 5.41) is 6.18. The fourth-order valence-corrected chi connectivity index (χ4v) is 4.35. The number of halogens is 1. The number of imidazole rings is 1. The molecule has 0 saturated carbocycles. The number of benzene rings is 3. The average Bonchev–Trinajstić information content (AvgIpc) is 3.48. The second kappa shape index (κ2) is 10.1. The van der Waals surface area contributed by atoms with Crippen LogP contribution in [0.4, 0.5) is 15.8 Å². The van der Waals surface area contributed by atoms with E-state index in [2.05, 4.69) is 15.6 Å². The van der Waals surface area contributed by atoms with Gasteiger partial charge < -0.3 is 19.9 Å². The Hall–Kier alpha value is -4.72. The van der Waals surface area contributed by atoms with Crippen LogP contribution in [0.1, 0.15) is 23.1 Å². The van der Waals surface area contributed by atoms with E-state index in [0.29, 0.717) is 28.9 Å². The van der Waals surface area contributed by atoms with Gasteiger partial charge >= 0.3 is 5.97 Å². The predicted molar refractivity (Wildman–Crippen MR) is 141 cm³/mol. The van der Waals surface area contributed by atoms with Crippen LogP contribution in [0, 0.1) is 5.82 Å². The molecule has 1 aliphatic rings. The summed E-state index contributed by atoms with van der Waals surface area (Å²) >= 11 is 0. The van der Waals surface area contributed by atoms with Gasteiger partial charge in [-0.25, -0.2) is 9.37 Å². The molecule has 3 aromatic carbocycles. The van der Waals surface area contributed by atoms with Crippen molar-refractivity contribution in [3.8, 4) is 11.4 Å². The smallest absolute Gasteiger partial charge is 0.305 e. The number of hydrogen-bond acceptors (Lipinski definition) is 5. The number of amides is 1. The molecule has 1 aromatic heterocycles. The zero-order valence-electron chi connectivity index (χ0n) is 20.4. The Morgan fingerprint density at radius 3 is 2.51 bits per heavy atom. The lowest BCUT2D eigenvalue weighted by Crippen LogP contribution is -2.10. The lowest BCUT2D eigenvalue weighted by Gasteiger charge is -2.16. The maximum atomic E-state index is 13.8. The highest BCUT2D eigenvalue weighted by atomic mass is 19.1. The summed E-state index contributed by atoms with van der Waals surface area (Å²) in [4.78, 5) is 29.0. The molecule has 186 valence electrons. The molecule has 0 radical (unpaired) electrons. The topological polar surface area (TPSA) is 85.2 Å². The Kier molecular flexibility index (Phi) is 6.55. The van der Waals surface area contributed by atoms with E-state index in [0.717, 1.165) is 28.2 Å². The molecule has 2 N–H and O–H groups in total. The largest absolute Gasteiger partial charge is 0.469 e. The fraction of sp³-hybridized carbons (Fsp3) is 0.138. The van der Waals surface area contributed by atoms with Crippen LogP contribution >= 0.6 is 0 Å².